The predicted octanol–water partition coefficient (Wildman–Crippen LogP) is 5.60. The number of halogens is 3. The van der Waals surface area contributed by atoms with Crippen molar-refractivity contribution in [3.8, 4) is 0 Å². The molecule has 2 rings (SSSR count). The van der Waals surface area contributed by atoms with E-state index in [2.05, 4.69) is 29.7 Å². The van der Waals surface area contributed by atoms with Crippen LogP contribution >= 0.6 is 34.9 Å². The number of esters is 1. The standard InChI is InChI=1S/C14H14BrF2O5PS/c1-3-20-23(19,22-9(2)15)14(16,17)21-13(18)11-4-5-12-10(8-11)6-7-24-12/h4-9H,3H2,1-2H3. The largest absolute Gasteiger partial charge is 0.506 e. The topological polar surface area (TPSA) is 61.8 Å². The maximum absolute atomic E-state index is 14.2. The van der Waals surface area contributed by atoms with Gasteiger partial charge in [0.2, 0.25) is 0 Å². The van der Waals surface area contributed by atoms with E-state index in [1.165, 1.54) is 37.3 Å². The second-order valence-electron chi connectivity index (χ2n) is 4.61. The summed E-state index contributed by atoms with van der Waals surface area (Å²) >= 11 is 4.31. The van der Waals surface area contributed by atoms with Crippen LogP contribution in [-0.4, -0.2) is 23.4 Å². The number of hydrogen-bond acceptors (Lipinski definition) is 6. The van der Waals surface area contributed by atoms with E-state index in [1.807, 2.05) is 5.38 Å². The molecule has 24 heavy (non-hydrogen) atoms. The molecule has 0 aliphatic heterocycles. The van der Waals surface area contributed by atoms with Crippen LogP contribution in [0.25, 0.3) is 10.1 Å². The van der Waals surface area contributed by atoms with Crippen LogP contribution in [-0.2, 0) is 18.3 Å². The van der Waals surface area contributed by atoms with Gasteiger partial charge in [-0.2, -0.15) is 8.78 Å². The first kappa shape index (κ1) is 19.5. The molecule has 10 heteroatoms. The van der Waals surface area contributed by atoms with E-state index in [1.54, 1.807) is 12.1 Å². The monoisotopic (exact) mass is 442 g/mol. The van der Waals surface area contributed by atoms with Gasteiger partial charge in [-0.05, 0) is 48.9 Å². The number of thiophene rings is 1. The van der Waals surface area contributed by atoms with Crippen LogP contribution in [0.15, 0.2) is 29.6 Å². The third kappa shape index (κ3) is 4.21. The molecule has 2 aromatic rings. The van der Waals surface area contributed by atoms with E-state index in [-0.39, 0.29) is 12.2 Å². The molecule has 1 aromatic heterocycles. The molecule has 0 N–H and O–H groups in total. The Balaban J connectivity index is 2.24. The average Bonchev–Trinajstić information content (AvgIpc) is 2.93. The molecule has 0 saturated carbocycles. The Hall–Kier alpha value is -0.860. The maximum Gasteiger partial charge on any atom is 0.506 e. The van der Waals surface area contributed by atoms with Crippen molar-refractivity contribution in [1.82, 2.24) is 0 Å². The second kappa shape index (κ2) is 7.58. The SMILES string of the molecule is CCOP(=O)(OC(C)Br)C(F)(F)OC(=O)c1ccc2sccc2c1. The molecule has 0 radical (unpaired) electrons. The summed E-state index contributed by atoms with van der Waals surface area (Å²) in [5.41, 5.74) is -0.0875. The van der Waals surface area contributed by atoms with Gasteiger partial charge in [0, 0.05) is 4.70 Å². The second-order valence-corrected chi connectivity index (χ2v) is 8.83. The molecule has 2 atom stereocenters. The first-order valence-electron chi connectivity index (χ1n) is 6.84. The minimum Gasteiger partial charge on any atom is -0.388 e. The lowest BCUT2D eigenvalue weighted by atomic mass is 10.2. The number of ether oxygens (including phenoxy) is 1. The third-order valence-electron chi connectivity index (χ3n) is 2.81. The van der Waals surface area contributed by atoms with Crippen molar-refractivity contribution < 1.29 is 31.9 Å². The fourth-order valence-electron chi connectivity index (χ4n) is 1.85. The van der Waals surface area contributed by atoms with Gasteiger partial charge >= 0.3 is 19.4 Å². The summed E-state index contributed by atoms with van der Waals surface area (Å²) in [5.74, 6) is -5.75. The summed E-state index contributed by atoms with van der Waals surface area (Å²) in [7, 11) is -5.01. The van der Waals surface area contributed by atoms with Gasteiger partial charge < -0.3 is 9.26 Å². The fourth-order valence-corrected chi connectivity index (χ4v) is 4.53. The fraction of sp³-hybridized carbons (Fsp3) is 0.357. The van der Waals surface area contributed by atoms with E-state index in [0.29, 0.717) is 0 Å². The molecule has 1 aromatic carbocycles. The molecular formula is C14H14BrF2O5PS. The Morgan fingerprint density at radius 3 is 2.75 bits per heavy atom. The van der Waals surface area contributed by atoms with Crippen LogP contribution in [0.3, 0.4) is 0 Å². The number of carbonyl (C=O) groups is 1. The Morgan fingerprint density at radius 1 is 1.42 bits per heavy atom. The van der Waals surface area contributed by atoms with E-state index < -0.39 is 24.4 Å². The van der Waals surface area contributed by atoms with Crippen molar-refractivity contribution >= 4 is 50.9 Å². The van der Waals surface area contributed by atoms with Crippen molar-refractivity contribution in [2.45, 2.75) is 24.7 Å². The molecule has 0 aliphatic carbocycles. The van der Waals surface area contributed by atoms with Crippen molar-refractivity contribution in [3.63, 3.8) is 0 Å². The summed E-state index contributed by atoms with van der Waals surface area (Å²) in [4.78, 5) is 12.0. The number of alkyl halides is 3. The van der Waals surface area contributed by atoms with E-state index in [9.17, 15) is 18.1 Å². The van der Waals surface area contributed by atoms with Gasteiger partial charge in [0.05, 0.1) is 12.2 Å². The number of hydrogen-bond donors (Lipinski definition) is 0. The zero-order valence-corrected chi connectivity index (χ0v) is 16.0. The first-order valence-corrected chi connectivity index (χ1v) is 10.2. The summed E-state index contributed by atoms with van der Waals surface area (Å²) in [6.07, 6.45) is 0. The predicted molar refractivity (Wildman–Crippen MR) is 90.9 cm³/mol. The van der Waals surface area contributed by atoms with Gasteiger partial charge in [-0.3, -0.25) is 4.52 Å². The molecule has 0 aliphatic rings. The third-order valence-corrected chi connectivity index (χ3v) is 6.10. The van der Waals surface area contributed by atoms with Gasteiger partial charge in [0.15, 0.2) is 0 Å². The minimum atomic E-state index is -5.01. The lowest BCUT2D eigenvalue weighted by Crippen LogP contribution is -2.28. The Bertz CT molecular complexity index is 779. The van der Waals surface area contributed by atoms with E-state index >= 15 is 0 Å². The average molecular weight is 443 g/mol. The minimum absolute atomic E-state index is 0.0875. The number of fused-ring (bicyclic) bond motifs is 1. The molecule has 0 spiro atoms. The van der Waals surface area contributed by atoms with E-state index in [0.717, 1.165) is 10.1 Å². The van der Waals surface area contributed by atoms with Crippen molar-refractivity contribution in [1.29, 1.82) is 0 Å². The number of carbonyl (C=O) groups excluding carboxylic acids is 1. The summed E-state index contributed by atoms with van der Waals surface area (Å²) in [6, 6.07) is 6.14. The lowest BCUT2D eigenvalue weighted by molar-refractivity contribution is -0.151. The van der Waals surface area contributed by atoms with Gasteiger partial charge in [-0.15, -0.1) is 11.3 Å². The van der Waals surface area contributed by atoms with E-state index in [4.69, 9.17) is 0 Å². The van der Waals surface area contributed by atoms with Gasteiger partial charge in [0.1, 0.15) is 5.01 Å². The zero-order chi connectivity index (χ0) is 18.0. The van der Waals surface area contributed by atoms with Crippen LogP contribution < -0.4 is 0 Å². The zero-order valence-electron chi connectivity index (χ0n) is 12.7. The molecule has 0 amide bonds. The van der Waals surface area contributed by atoms with Gasteiger partial charge in [-0.25, -0.2) is 9.36 Å². The van der Waals surface area contributed by atoms with Crippen LogP contribution in [0.5, 0.6) is 0 Å². The summed E-state index contributed by atoms with van der Waals surface area (Å²) in [6.45, 7) is 2.41. The van der Waals surface area contributed by atoms with Gasteiger partial charge in [-0.1, -0.05) is 15.9 Å². The Morgan fingerprint density at radius 2 is 2.12 bits per heavy atom. The molecule has 0 fully saturated rings. The highest BCUT2D eigenvalue weighted by Crippen LogP contribution is 2.63. The van der Waals surface area contributed by atoms with Crippen LogP contribution in [0.4, 0.5) is 8.78 Å². The maximum atomic E-state index is 14.2. The van der Waals surface area contributed by atoms with Crippen LogP contribution in [0.2, 0.25) is 0 Å². The highest BCUT2D eigenvalue weighted by molar-refractivity contribution is 9.09. The quantitative estimate of drug-likeness (QED) is 0.317. The Labute approximate surface area is 149 Å². The highest BCUT2D eigenvalue weighted by atomic mass is 79.9. The lowest BCUT2D eigenvalue weighted by Gasteiger charge is -2.25. The van der Waals surface area contributed by atoms with Gasteiger partial charge in [0.25, 0.3) is 0 Å². The number of rotatable bonds is 7. The Kier molecular flexibility index (Phi) is 6.14. The van der Waals surface area contributed by atoms with Crippen LogP contribution in [0.1, 0.15) is 24.2 Å². The van der Waals surface area contributed by atoms with Crippen molar-refractivity contribution in [3.05, 3.63) is 35.2 Å². The van der Waals surface area contributed by atoms with Crippen molar-refractivity contribution in [2.24, 2.45) is 0 Å². The first-order chi connectivity index (χ1) is 11.2. The molecule has 1 heterocycles. The summed E-state index contributed by atoms with van der Waals surface area (Å²) < 4.78 is 55.1. The molecular weight excluding hydrogens is 429 g/mol. The molecule has 2 unspecified atom stereocenters. The van der Waals surface area contributed by atoms with Crippen molar-refractivity contribution in [2.75, 3.05) is 6.61 Å². The molecule has 5 nitrogen and oxygen atoms in total. The molecule has 132 valence electrons. The molecule has 0 saturated heterocycles. The van der Waals surface area contributed by atoms with Crippen LogP contribution in [0, 0.1) is 0 Å². The summed E-state index contributed by atoms with van der Waals surface area (Å²) in [5, 5.41) is 1.54. The smallest absolute Gasteiger partial charge is 0.388 e. The molecule has 0 bridgehead atoms. The highest BCUT2D eigenvalue weighted by Gasteiger charge is 2.59. The normalized spacial score (nSPS) is 15.9. The number of benzene rings is 1.